The second-order valence-electron chi connectivity index (χ2n) is 7.56. The molecule has 0 bridgehead atoms. The van der Waals surface area contributed by atoms with Gasteiger partial charge < -0.3 is 4.74 Å². The lowest BCUT2D eigenvalue weighted by Gasteiger charge is -2.30. The molecule has 1 heterocycles. The first-order valence-electron chi connectivity index (χ1n) is 10.5. The van der Waals surface area contributed by atoms with Crippen molar-refractivity contribution >= 4 is 12.0 Å². The number of aromatic nitrogens is 2. The van der Waals surface area contributed by atoms with Gasteiger partial charge in [0.1, 0.15) is 0 Å². The minimum Gasteiger partial charge on any atom is -0.421 e. The van der Waals surface area contributed by atoms with E-state index in [0.717, 1.165) is 37.3 Å². The van der Waals surface area contributed by atoms with Crippen molar-refractivity contribution in [2.75, 3.05) is 0 Å². The Labute approximate surface area is 196 Å². The van der Waals surface area contributed by atoms with E-state index in [2.05, 4.69) is 21.6 Å². The quantitative estimate of drug-likeness (QED) is 0.140. The molecule has 0 radical (unpaired) electrons. The van der Waals surface area contributed by atoms with Crippen LogP contribution < -0.4 is 0 Å². The van der Waals surface area contributed by atoms with Gasteiger partial charge in [0.05, 0.1) is 0 Å². The number of unbranched alkanes of at least 4 members (excludes halogenated alkanes) is 2. The summed E-state index contributed by atoms with van der Waals surface area (Å²) < 4.78 is 107. The molecule has 35 heavy (non-hydrogen) atoms. The number of hydrogen-bond acceptors (Lipinski definition) is 4. The first-order valence-corrected chi connectivity index (χ1v) is 10.5. The van der Waals surface area contributed by atoms with E-state index in [1.54, 1.807) is 24.5 Å². The number of nitrogens with zero attached hydrogens (tertiary/aromatic N) is 2. The van der Waals surface area contributed by atoms with Gasteiger partial charge in [0, 0.05) is 24.0 Å². The maximum Gasteiger partial charge on any atom is 0.378 e. The molecule has 192 valence electrons. The number of halogens is 8. The normalized spacial score (nSPS) is 14.3. The van der Waals surface area contributed by atoms with Crippen molar-refractivity contribution < 1.29 is 44.7 Å². The number of alkyl halides is 8. The van der Waals surface area contributed by atoms with Crippen LogP contribution in [-0.4, -0.2) is 46.7 Å². The summed E-state index contributed by atoms with van der Waals surface area (Å²) in [5.74, 6) is -13.5. The fourth-order valence-corrected chi connectivity index (χ4v) is 2.83. The van der Waals surface area contributed by atoms with E-state index in [0.29, 0.717) is 23.0 Å². The number of ether oxygens (including phenoxy) is 1. The fraction of sp³-hybridized carbons (Fsp3) is 0.435. The van der Waals surface area contributed by atoms with Gasteiger partial charge in [0.2, 0.25) is 6.17 Å². The molecule has 1 aromatic carbocycles. The van der Waals surface area contributed by atoms with Gasteiger partial charge in [-0.2, -0.15) is 22.0 Å². The Bertz CT molecular complexity index is 982. The zero-order chi connectivity index (χ0) is 26.2. The van der Waals surface area contributed by atoms with Crippen LogP contribution in [0.5, 0.6) is 0 Å². The standard InChI is InChI=1S/C23H22F8N2O2/c1-2-3-4-5-15-12-32-20(33-13-15)16-9-6-14(7-10-16)8-11-17(34)35-21(27)23(30,31)22(28,29)18(24)19(25)26/h6-13,18-19,21H,2-5H2,1H3. The number of aryl methyl sites for hydroxylation is 1. The first-order chi connectivity index (χ1) is 16.4. The number of carbonyl (C=O) groups excluding carboxylic acids is 1. The molecule has 0 fully saturated rings. The third-order valence-corrected chi connectivity index (χ3v) is 4.87. The monoisotopic (exact) mass is 510 g/mol. The summed E-state index contributed by atoms with van der Waals surface area (Å²) in [6, 6.07) is 6.11. The minimum absolute atomic E-state index is 0.316. The highest BCUT2D eigenvalue weighted by molar-refractivity contribution is 5.87. The summed E-state index contributed by atoms with van der Waals surface area (Å²) in [5.41, 5.74) is 1.93. The highest BCUT2D eigenvalue weighted by Crippen LogP contribution is 2.44. The van der Waals surface area contributed by atoms with Crippen LogP contribution in [0.15, 0.2) is 42.7 Å². The van der Waals surface area contributed by atoms with Gasteiger partial charge in [0.15, 0.2) is 5.82 Å². The number of hydrogen-bond donors (Lipinski definition) is 0. The van der Waals surface area contributed by atoms with Crippen molar-refractivity contribution in [1.82, 2.24) is 9.97 Å². The minimum atomic E-state index is -6.11. The second kappa shape index (κ2) is 12.1. The summed E-state index contributed by atoms with van der Waals surface area (Å²) in [4.78, 5) is 20.1. The van der Waals surface area contributed by atoms with Crippen LogP contribution in [0.3, 0.4) is 0 Å². The highest BCUT2D eigenvalue weighted by Gasteiger charge is 2.70. The van der Waals surface area contributed by atoms with E-state index < -0.39 is 36.8 Å². The van der Waals surface area contributed by atoms with Crippen LogP contribution in [0, 0.1) is 0 Å². The Kier molecular flexibility index (Phi) is 9.73. The lowest BCUT2D eigenvalue weighted by atomic mass is 10.1. The first kappa shape index (κ1) is 28.2. The Morgan fingerprint density at radius 3 is 2.11 bits per heavy atom. The van der Waals surface area contributed by atoms with Crippen molar-refractivity contribution in [3.8, 4) is 11.4 Å². The van der Waals surface area contributed by atoms with Crippen molar-refractivity contribution in [3.63, 3.8) is 0 Å². The van der Waals surface area contributed by atoms with E-state index in [1.165, 1.54) is 12.1 Å². The van der Waals surface area contributed by atoms with Crippen molar-refractivity contribution in [3.05, 3.63) is 53.9 Å². The van der Waals surface area contributed by atoms with Crippen LogP contribution in [0.2, 0.25) is 0 Å². The highest BCUT2D eigenvalue weighted by atomic mass is 19.3. The number of benzene rings is 1. The molecule has 4 nitrogen and oxygen atoms in total. The number of carbonyl (C=O) groups is 1. The number of rotatable bonds is 12. The largest absolute Gasteiger partial charge is 0.421 e. The summed E-state index contributed by atoms with van der Waals surface area (Å²) in [6.45, 7) is 2.10. The van der Waals surface area contributed by atoms with Crippen molar-refractivity contribution in [2.24, 2.45) is 0 Å². The summed E-state index contributed by atoms with van der Waals surface area (Å²) in [7, 11) is 0. The Balaban J connectivity index is 1.98. The molecule has 2 rings (SSSR count). The topological polar surface area (TPSA) is 52.1 Å². The van der Waals surface area contributed by atoms with Crippen LogP contribution in [0.1, 0.15) is 37.3 Å². The fourth-order valence-electron chi connectivity index (χ4n) is 2.83. The van der Waals surface area contributed by atoms with Gasteiger partial charge in [0.25, 0.3) is 6.43 Å². The van der Waals surface area contributed by atoms with Gasteiger partial charge in [-0.3, -0.25) is 0 Å². The predicted octanol–water partition coefficient (Wildman–Crippen LogP) is 6.60. The van der Waals surface area contributed by atoms with Crippen LogP contribution >= 0.6 is 0 Å². The summed E-state index contributed by atoms with van der Waals surface area (Å²) >= 11 is 0. The molecule has 0 aliphatic heterocycles. The maximum atomic E-state index is 13.5. The zero-order valence-corrected chi connectivity index (χ0v) is 18.4. The molecule has 0 aliphatic carbocycles. The van der Waals surface area contributed by atoms with Crippen LogP contribution in [0.4, 0.5) is 35.1 Å². The smallest absolute Gasteiger partial charge is 0.378 e. The Hall–Kier alpha value is -3.05. The lowest BCUT2D eigenvalue weighted by molar-refractivity contribution is -0.312. The molecule has 0 spiro atoms. The van der Waals surface area contributed by atoms with E-state index >= 15 is 0 Å². The Morgan fingerprint density at radius 1 is 0.971 bits per heavy atom. The molecule has 2 aromatic rings. The van der Waals surface area contributed by atoms with Gasteiger partial charge in [-0.1, -0.05) is 44.0 Å². The molecule has 0 aliphatic rings. The molecular formula is C23H22F8N2O2. The molecule has 1 aromatic heterocycles. The van der Waals surface area contributed by atoms with Gasteiger partial charge in [-0.15, -0.1) is 0 Å². The molecule has 0 amide bonds. The summed E-state index contributed by atoms with van der Waals surface area (Å²) in [6.07, 6.45) is -4.58. The molecule has 0 N–H and O–H groups in total. The average molecular weight is 510 g/mol. The molecule has 0 saturated carbocycles. The zero-order valence-electron chi connectivity index (χ0n) is 18.4. The van der Waals surface area contributed by atoms with E-state index in [9.17, 15) is 39.9 Å². The second-order valence-corrected chi connectivity index (χ2v) is 7.56. The van der Waals surface area contributed by atoms with Crippen molar-refractivity contribution in [1.29, 1.82) is 0 Å². The molecule has 2 atom stereocenters. The molecule has 12 heteroatoms. The average Bonchev–Trinajstić information content (AvgIpc) is 2.83. The SMILES string of the molecule is CCCCCc1cnc(-c2ccc(C=CC(=O)OC(F)C(F)(F)C(F)(F)C(F)C(F)F)cc2)nc1. The van der Waals surface area contributed by atoms with Crippen LogP contribution in [-0.2, 0) is 16.0 Å². The third kappa shape index (κ3) is 7.22. The van der Waals surface area contributed by atoms with E-state index in [-0.39, 0.29) is 0 Å². The molecule has 0 saturated heterocycles. The van der Waals surface area contributed by atoms with Crippen LogP contribution in [0.25, 0.3) is 17.5 Å². The Morgan fingerprint density at radius 2 is 1.57 bits per heavy atom. The van der Waals surface area contributed by atoms with Gasteiger partial charge in [-0.05, 0) is 30.0 Å². The molecule has 2 unspecified atom stereocenters. The lowest BCUT2D eigenvalue weighted by Crippen LogP contribution is -2.56. The van der Waals surface area contributed by atoms with E-state index in [1.807, 2.05) is 0 Å². The van der Waals surface area contributed by atoms with E-state index in [4.69, 9.17) is 0 Å². The summed E-state index contributed by atoms with van der Waals surface area (Å²) in [5, 5.41) is 0. The predicted molar refractivity (Wildman–Crippen MR) is 112 cm³/mol. The van der Waals surface area contributed by atoms with Gasteiger partial charge >= 0.3 is 24.2 Å². The number of esters is 1. The maximum absolute atomic E-state index is 13.5. The third-order valence-electron chi connectivity index (χ3n) is 4.87. The van der Waals surface area contributed by atoms with Gasteiger partial charge in [-0.25, -0.2) is 27.9 Å². The molecular weight excluding hydrogens is 488 g/mol. The van der Waals surface area contributed by atoms with Crippen molar-refractivity contribution in [2.45, 2.75) is 63.4 Å².